The summed E-state index contributed by atoms with van der Waals surface area (Å²) in [5, 5.41) is 12.2. The summed E-state index contributed by atoms with van der Waals surface area (Å²) >= 11 is 6.64. The van der Waals surface area contributed by atoms with Gasteiger partial charge in [0.15, 0.2) is 5.13 Å². The number of halogens is 1. The molecule has 0 aliphatic carbocycles. The summed E-state index contributed by atoms with van der Waals surface area (Å²) in [7, 11) is 0. The number of thiazole rings is 1. The van der Waals surface area contributed by atoms with Gasteiger partial charge in [-0.2, -0.15) is 0 Å². The molecule has 1 fully saturated rings. The van der Waals surface area contributed by atoms with Gasteiger partial charge >= 0.3 is 0 Å². The Morgan fingerprint density at radius 3 is 2.76 bits per heavy atom. The van der Waals surface area contributed by atoms with Crippen LogP contribution < -0.4 is 10.2 Å². The molecule has 25 heavy (non-hydrogen) atoms. The number of aromatic nitrogens is 3. The third-order valence-electron chi connectivity index (χ3n) is 3.87. The molecule has 134 valence electrons. The molecule has 3 heterocycles. The van der Waals surface area contributed by atoms with E-state index in [9.17, 15) is 4.79 Å². The summed E-state index contributed by atoms with van der Waals surface area (Å²) in [6.07, 6.45) is 1.44. The number of aliphatic hydroxyl groups excluding tert-OH is 1. The molecule has 0 spiro atoms. The largest absolute Gasteiger partial charge is 0.395 e. The lowest BCUT2D eigenvalue weighted by Gasteiger charge is -2.35. The Balaban J connectivity index is 1.71. The minimum absolute atomic E-state index is 0.182. The van der Waals surface area contributed by atoms with Gasteiger partial charge in [0, 0.05) is 38.8 Å². The van der Waals surface area contributed by atoms with Gasteiger partial charge in [0.2, 0.25) is 0 Å². The van der Waals surface area contributed by atoms with Crippen LogP contribution in [0, 0.1) is 6.92 Å². The van der Waals surface area contributed by atoms with Crippen LogP contribution in [0.4, 0.5) is 16.8 Å². The molecular formula is C15H19ClN6O2S. The van der Waals surface area contributed by atoms with Crippen LogP contribution in [0.1, 0.15) is 15.5 Å². The van der Waals surface area contributed by atoms with Gasteiger partial charge in [-0.3, -0.25) is 9.69 Å². The van der Waals surface area contributed by atoms with Crippen LogP contribution in [0.5, 0.6) is 0 Å². The molecule has 2 N–H and O–H groups in total. The Labute approximate surface area is 154 Å². The molecule has 0 unspecified atom stereocenters. The van der Waals surface area contributed by atoms with E-state index in [1.165, 1.54) is 17.5 Å². The van der Waals surface area contributed by atoms with Crippen molar-refractivity contribution in [2.24, 2.45) is 0 Å². The van der Waals surface area contributed by atoms with Gasteiger partial charge < -0.3 is 15.3 Å². The maximum Gasteiger partial charge on any atom is 0.264 e. The number of hydrogen-bond donors (Lipinski definition) is 2. The highest BCUT2D eigenvalue weighted by atomic mass is 35.5. The predicted molar refractivity (Wildman–Crippen MR) is 98.1 cm³/mol. The molecule has 0 bridgehead atoms. The topological polar surface area (TPSA) is 94.5 Å². The lowest BCUT2D eigenvalue weighted by Crippen LogP contribution is -2.47. The van der Waals surface area contributed by atoms with Gasteiger partial charge in [0.25, 0.3) is 5.24 Å². The van der Waals surface area contributed by atoms with Crippen molar-refractivity contribution in [3.8, 4) is 0 Å². The zero-order valence-corrected chi connectivity index (χ0v) is 15.3. The third-order valence-corrected chi connectivity index (χ3v) is 5.10. The van der Waals surface area contributed by atoms with Crippen LogP contribution in [-0.4, -0.2) is 69.5 Å². The summed E-state index contributed by atoms with van der Waals surface area (Å²) in [6, 6.07) is 1.87. The van der Waals surface area contributed by atoms with Crippen molar-refractivity contribution in [3.05, 3.63) is 23.0 Å². The van der Waals surface area contributed by atoms with E-state index in [0.29, 0.717) is 28.2 Å². The van der Waals surface area contributed by atoms with E-state index in [2.05, 4.69) is 30.1 Å². The second-order valence-electron chi connectivity index (χ2n) is 5.64. The van der Waals surface area contributed by atoms with Crippen molar-refractivity contribution < 1.29 is 9.90 Å². The number of aliphatic hydroxyl groups is 1. The fraction of sp³-hybridized carbons (Fsp3) is 0.467. The molecule has 2 aromatic heterocycles. The monoisotopic (exact) mass is 382 g/mol. The van der Waals surface area contributed by atoms with Gasteiger partial charge in [-0.1, -0.05) is 11.3 Å². The molecule has 10 heteroatoms. The van der Waals surface area contributed by atoms with E-state index >= 15 is 0 Å². The van der Waals surface area contributed by atoms with Crippen LogP contribution in [-0.2, 0) is 0 Å². The number of carbonyl (C=O) groups is 1. The highest BCUT2D eigenvalue weighted by Crippen LogP contribution is 2.25. The van der Waals surface area contributed by atoms with Crippen molar-refractivity contribution in [3.63, 3.8) is 0 Å². The molecule has 0 saturated carbocycles. The SMILES string of the molecule is Cc1nc(Nc2ncc(C(=O)Cl)s2)cc(N2CCN(CCO)CC2)n1. The molecule has 0 aromatic carbocycles. The van der Waals surface area contributed by atoms with Gasteiger partial charge in [0.05, 0.1) is 12.8 Å². The Kier molecular flexibility index (Phi) is 5.79. The molecule has 0 radical (unpaired) electrons. The number of hydrogen-bond acceptors (Lipinski definition) is 9. The number of aryl methyl sites for hydroxylation is 1. The Hall–Kier alpha value is -1.81. The summed E-state index contributed by atoms with van der Waals surface area (Å²) < 4.78 is 0. The first-order chi connectivity index (χ1) is 12.0. The molecule has 0 amide bonds. The lowest BCUT2D eigenvalue weighted by molar-refractivity contribution is 0.108. The van der Waals surface area contributed by atoms with Crippen LogP contribution in [0.3, 0.4) is 0 Å². The van der Waals surface area contributed by atoms with E-state index in [0.717, 1.165) is 32.0 Å². The van der Waals surface area contributed by atoms with Crippen LogP contribution >= 0.6 is 22.9 Å². The Morgan fingerprint density at radius 2 is 2.12 bits per heavy atom. The van der Waals surface area contributed by atoms with Crippen molar-refractivity contribution in [1.82, 2.24) is 19.9 Å². The van der Waals surface area contributed by atoms with Crippen LogP contribution in [0.25, 0.3) is 0 Å². The van der Waals surface area contributed by atoms with Gasteiger partial charge in [-0.25, -0.2) is 15.0 Å². The first-order valence-electron chi connectivity index (χ1n) is 7.91. The second kappa shape index (κ2) is 8.05. The third kappa shape index (κ3) is 4.63. The maximum absolute atomic E-state index is 11.2. The normalized spacial score (nSPS) is 15.4. The quantitative estimate of drug-likeness (QED) is 0.725. The molecule has 8 nitrogen and oxygen atoms in total. The standard InChI is InChI=1S/C15H19ClN6O2S/c1-10-18-12(20-15-17-9-11(25-15)14(16)24)8-13(19-10)22-4-2-21(3-5-22)6-7-23/h8-9,23H,2-7H2,1H3,(H,17,18,19,20). The van der Waals surface area contributed by atoms with Crippen molar-refractivity contribution in [2.45, 2.75) is 6.92 Å². The van der Waals surface area contributed by atoms with Crippen molar-refractivity contribution >= 4 is 44.9 Å². The lowest BCUT2D eigenvalue weighted by atomic mass is 10.3. The number of anilines is 3. The molecule has 1 aliphatic rings. The van der Waals surface area contributed by atoms with Gasteiger partial charge in [0.1, 0.15) is 22.3 Å². The van der Waals surface area contributed by atoms with Crippen molar-refractivity contribution in [1.29, 1.82) is 0 Å². The molecule has 3 rings (SSSR count). The van der Waals surface area contributed by atoms with E-state index in [1.54, 1.807) is 0 Å². The van der Waals surface area contributed by atoms with Crippen LogP contribution in [0.2, 0.25) is 0 Å². The fourth-order valence-corrected chi connectivity index (χ4v) is 3.47. The maximum atomic E-state index is 11.2. The summed E-state index contributed by atoms with van der Waals surface area (Å²) in [5.74, 6) is 2.13. The Bertz CT molecular complexity index is 747. The zero-order chi connectivity index (χ0) is 17.8. The number of β-amino-alcohol motifs (C(OH)–C–C–N with tert-alkyl or cyclic N) is 1. The molecule has 1 saturated heterocycles. The zero-order valence-electron chi connectivity index (χ0n) is 13.8. The second-order valence-corrected chi connectivity index (χ2v) is 7.01. The van der Waals surface area contributed by atoms with Crippen molar-refractivity contribution in [2.75, 3.05) is 49.5 Å². The summed E-state index contributed by atoms with van der Waals surface area (Å²) in [5.41, 5.74) is 0. The van der Waals surface area contributed by atoms with Gasteiger partial charge in [-0.05, 0) is 18.5 Å². The molecule has 2 aromatic rings. The summed E-state index contributed by atoms with van der Waals surface area (Å²) in [6.45, 7) is 6.19. The molecule has 1 aliphatic heterocycles. The highest BCUT2D eigenvalue weighted by Gasteiger charge is 2.19. The van der Waals surface area contributed by atoms with E-state index in [4.69, 9.17) is 16.7 Å². The van der Waals surface area contributed by atoms with E-state index < -0.39 is 5.24 Å². The smallest absolute Gasteiger partial charge is 0.264 e. The number of carbonyl (C=O) groups excluding carboxylic acids is 1. The highest BCUT2D eigenvalue weighted by molar-refractivity contribution is 7.19. The Morgan fingerprint density at radius 1 is 1.36 bits per heavy atom. The fourth-order valence-electron chi connectivity index (χ4n) is 2.65. The molecule has 0 atom stereocenters. The average molecular weight is 383 g/mol. The first kappa shape index (κ1) is 18.0. The minimum Gasteiger partial charge on any atom is -0.395 e. The van der Waals surface area contributed by atoms with E-state index in [1.807, 2.05) is 13.0 Å². The minimum atomic E-state index is -0.522. The first-order valence-corrected chi connectivity index (χ1v) is 9.11. The number of rotatable bonds is 6. The number of nitrogens with zero attached hydrogens (tertiary/aromatic N) is 5. The summed E-state index contributed by atoms with van der Waals surface area (Å²) in [4.78, 5) is 29.0. The predicted octanol–water partition coefficient (Wildman–Crippen LogP) is 1.48. The van der Waals surface area contributed by atoms with Gasteiger partial charge in [-0.15, -0.1) is 0 Å². The molecular weight excluding hydrogens is 364 g/mol. The number of piperazine rings is 1. The average Bonchev–Trinajstić information content (AvgIpc) is 3.04. The van der Waals surface area contributed by atoms with Crippen LogP contribution in [0.15, 0.2) is 12.3 Å². The number of nitrogens with one attached hydrogen (secondary N) is 1. The van der Waals surface area contributed by atoms with E-state index in [-0.39, 0.29) is 6.61 Å².